The van der Waals surface area contributed by atoms with Gasteiger partial charge in [0.1, 0.15) is 11.9 Å². The van der Waals surface area contributed by atoms with E-state index >= 15 is 0 Å². The minimum atomic E-state index is -0.521. The lowest BCUT2D eigenvalue weighted by molar-refractivity contribution is 0.0923. The van der Waals surface area contributed by atoms with Gasteiger partial charge < -0.3 is 10.5 Å². The fraction of sp³-hybridized carbons (Fsp3) is 0.538. The molecule has 1 aliphatic carbocycles. The summed E-state index contributed by atoms with van der Waals surface area (Å²) in [5.74, 6) is -0.768. The molecular formula is C13H17F2NO. The van der Waals surface area contributed by atoms with Crippen LogP contribution < -0.4 is 10.5 Å². The molecule has 0 amide bonds. The predicted octanol–water partition coefficient (Wildman–Crippen LogP) is 2.86. The van der Waals surface area contributed by atoms with Gasteiger partial charge >= 0.3 is 0 Å². The van der Waals surface area contributed by atoms with E-state index in [1.807, 2.05) is 0 Å². The summed E-state index contributed by atoms with van der Waals surface area (Å²) in [6, 6.07) is 3.27. The third kappa shape index (κ3) is 2.94. The van der Waals surface area contributed by atoms with Crippen LogP contribution in [-0.2, 0) is 0 Å². The number of nitrogens with two attached hydrogens (primary N) is 1. The average Bonchev–Trinajstić information content (AvgIpc) is 2.34. The van der Waals surface area contributed by atoms with Crippen LogP contribution in [0.1, 0.15) is 25.7 Å². The van der Waals surface area contributed by atoms with E-state index in [0.29, 0.717) is 6.54 Å². The standard InChI is InChI=1S/C13H17F2NO/c14-10-5-6-11(15)13(7-10)17-12-4-2-1-3-9(12)8-16/h5-7,9,12H,1-4,8,16H2. The SMILES string of the molecule is NCC1CCCCC1Oc1cc(F)ccc1F. The molecule has 0 radical (unpaired) electrons. The number of benzene rings is 1. The van der Waals surface area contributed by atoms with Crippen molar-refractivity contribution in [2.75, 3.05) is 6.54 Å². The second kappa shape index (κ2) is 5.45. The van der Waals surface area contributed by atoms with E-state index in [1.165, 1.54) is 0 Å². The molecule has 1 aromatic rings. The van der Waals surface area contributed by atoms with Crippen molar-refractivity contribution >= 4 is 0 Å². The summed E-state index contributed by atoms with van der Waals surface area (Å²) in [6.07, 6.45) is 3.95. The highest BCUT2D eigenvalue weighted by Gasteiger charge is 2.26. The molecule has 2 atom stereocenters. The molecule has 0 bridgehead atoms. The zero-order valence-electron chi connectivity index (χ0n) is 9.66. The van der Waals surface area contributed by atoms with Crippen LogP contribution in [0.3, 0.4) is 0 Å². The number of hydrogen-bond donors (Lipinski definition) is 1. The van der Waals surface area contributed by atoms with Crippen molar-refractivity contribution in [2.45, 2.75) is 31.8 Å². The maximum atomic E-state index is 13.4. The normalized spacial score (nSPS) is 24.6. The van der Waals surface area contributed by atoms with Crippen LogP contribution in [0.5, 0.6) is 5.75 Å². The van der Waals surface area contributed by atoms with Gasteiger partial charge in [-0.1, -0.05) is 6.42 Å². The molecule has 1 aromatic carbocycles. The van der Waals surface area contributed by atoms with Crippen molar-refractivity contribution in [1.82, 2.24) is 0 Å². The fourth-order valence-electron chi connectivity index (χ4n) is 2.33. The molecule has 0 saturated heterocycles. The Morgan fingerprint density at radius 3 is 2.76 bits per heavy atom. The first-order valence-corrected chi connectivity index (χ1v) is 6.02. The predicted molar refractivity (Wildman–Crippen MR) is 61.8 cm³/mol. The van der Waals surface area contributed by atoms with E-state index in [-0.39, 0.29) is 17.8 Å². The van der Waals surface area contributed by atoms with Gasteiger partial charge in [0.2, 0.25) is 0 Å². The van der Waals surface area contributed by atoms with E-state index in [9.17, 15) is 8.78 Å². The molecule has 4 heteroatoms. The second-order valence-corrected chi connectivity index (χ2v) is 4.51. The lowest BCUT2D eigenvalue weighted by Gasteiger charge is -2.31. The molecule has 0 aliphatic heterocycles. The van der Waals surface area contributed by atoms with E-state index in [1.54, 1.807) is 0 Å². The van der Waals surface area contributed by atoms with Crippen molar-refractivity contribution in [3.8, 4) is 5.75 Å². The maximum Gasteiger partial charge on any atom is 0.165 e. The zero-order chi connectivity index (χ0) is 12.3. The Kier molecular flexibility index (Phi) is 3.94. The van der Waals surface area contributed by atoms with Crippen molar-refractivity contribution < 1.29 is 13.5 Å². The minimum Gasteiger partial charge on any atom is -0.487 e. The largest absolute Gasteiger partial charge is 0.487 e. The van der Waals surface area contributed by atoms with Crippen molar-refractivity contribution in [3.63, 3.8) is 0 Å². The van der Waals surface area contributed by atoms with E-state index in [0.717, 1.165) is 43.9 Å². The summed E-state index contributed by atoms with van der Waals surface area (Å²) in [5, 5.41) is 0. The molecule has 0 heterocycles. The van der Waals surface area contributed by atoms with Crippen molar-refractivity contribution in [3.05, 3.63) is 29.8 Å². The van der Waals surface area contributed by atoms with Crippen LogP contribution >= 0.6 is 0 Å². The van der Waals surface area contributed by atoms with Gasteiger partial charge in [-0.2, -0.15) is 0 Å². The zero-order valence-corrected chi connectivity index (χ0v) is 9.66. The molecule has 0 spiro atoms. The molecule has 2 unspecified atom stereocenters. The molecule has 94 valence electrons. The van der Waals surface area contributed by atoms with Crippen molar-refractivity contribution in [2.24, 2.45) is 11.7 Å². The third-order valence-corrected chi connectivity index (χ3v) is 3.31. The highest BCUT2D eigenvalue weighted by molar-refractivity contribution is 5.25. The lowest BCUT2D eigenvalue weighted by atomic mass is 9.86. The van der Waals surface area contributed by atoms with Gasteiger partial charge in [-0.25, -0.2) is 8.78 Å². The first-order chi connectivity index (χ1) is 8.20. The summed E-state index contributed by atoms with van der Waals surface area (Å²) >= 11 is 0. The first kappa shape index (κ1) is 12.3. The molecule has 1 saturated carbocycles. The van der Waals surface area contributed by atoms with Gasteiger partial charge in [-0.15, -0.1) is 0 Å². The number of hydrogen-bond acceptors (Lipinski definition) is 2. The average molecular weight is 241 g/mol. The topological polar surface area (TPSA) is 35.2 Å². The highest BCUT2D eigenvalue weighted by atomic mass is 19.1. The molecule has 1 fully saturated rings. The van der Waals surface area contributed by atoms with Crippen LogP contribution in [-0.4, -0.2) is 12.6 Å². The molecule has 2 nitrogen and oxygen atoms in total. The highest BCUT2D eigenvalue weighted by Crippen LogP contribution is 2.29. The summed E-state index contributed by atoms with van der Waals surface area (Å²) in [4.78, 5) is 0. The van der Waals surface area contributed by atoms with Crippen LogP contribution in [0.4, 0.5) is 8.78 Å². The summed E-state index contributed by atoms with van der Waals surface area (Å²) in [5.41, 5.74) is 5.67. The van der Waals surface area contributed by atoms with Gasteiger partial charge in [0, 0.05) is 12.0 Å². The number of rotatable bonds is 3. The Hall–Kier alpha value is -1.16. The summed E-state index contributed by atoms with van der Waals surface area (Å²) < 4.78 is 32.0. The molecule has 0 aromatic heterocycles. The smallest absolute Gasteiger partial charge is 0.165 e. The monoisotopic (exact) mass is 241 g/mol. The van der Waals surface area contributed by atoms with Gasteiger partial charge in [-0.05, 0) is 37.9 Å². The van der Waals surface area contributed by atoms with Crippen LogP contribution in [0.25, 0.3) is 0 Å². The van der Waals surface area contributed by atoms with Gasteiger partial charge in [-0.3, -0.25) is 0 Å². The van der Waals surface area contributed by atoms with E-state index in [4.69, 9.17) is 10.5 Å². The van der Waals surface area contributed by atoms with Crippen LogP contribution in [0.15, 0.2) is 18.2 Å². The Labute approximate surface area is 99.8 Å². The van der Waals surface area contributed by atoms with Gasteiger partial charge in [0.15, 0.2) is 11.6 Å². The van der Waals surface area contributed by atoms with E-state index in [2.05, 4.69) is 0 Å². The Bertz CT molecular complexity index is 384. The Morgan fingerprint density at radius 2 is 2.00 bits per heavy atom. The molecular weight excluding hydrogens is 224 g/mol. The third-order valence-electron chi connectivity index (χ3n) is 3.31. The molecule has 2 rings (SSSR count). The fourth-order valence-corrected chi connectivity index (χ4v) is 2.33. The lowest BCUT2D eigenvalue weighted by Crippen LogP contribution is -2.35. The number of ether oxygens (including phenoxy) is 1. The number of halogens is 2. The first-order valence-electron chi connectivity index (χ1n) is 6.02. The second-order valence-electron chi connectivity index (χ2n) is 4.51. The quantitative estimate of drug-likeness (QED) is 0.883. The summed E-state index contributed by atoms with van der Waals surface area (Å²) in [6.45, 7) is 0.529. The summed E-state index contributed by atoms with van der Waals surface area (Å²) in [7, 11) is 0. The van der Waals surface area contributed by atoms with Crippen LogP contribution in [0, 0.1) is 17.6 Å². The Morgan fingerprint density at radius 1 is 1.24 bits per heavy atom. The maximum absolute atomic E-state index is 13.4. The van der Waals surface area contributed by atoms with Crippen LogP contribution in [0.2, 0.25) is 0 Å². The van der Waals surface area contributed by atoms with E-state index < -0.39 is 11.6 Å². The van der Waals surface area contributed by atoms with Gasteiger partial charge in [0.25, 0.3) is 0 Å². The minimum absolute atomic E-state index is 0.00431. The van der Waals surface area contributed by atoms with Crippen molar-refractivity contribution in [1.29, 1.82) is 0 Å². The molecule has 1 aliphatic rings. The molecule has 17 heavy (non-hydrogen) atoms. The molecule has 2 N–H and O–H groups in total. The Balaban J connectivity index is 2.10. The van der Waals surface area contributed by atoms with Gasteiger partial charge in [0.05, 0.1) is 0 Å².